The van der Waals surface area contributed by atoms with E-state index in [-0.39, 0.29) is 32.3 Å². The van der Waals surface area contributed by atoms with Gasteiger partial charge in [-0.05, 0) is 56.0 Å². The van der Waals surface area contributed by atoms with Crippen LogP contribution in [0.1, 0.15) is 39.0 Å². The number of hydrogen-bond acceptors (Lipinski definition) is 8. The van der Waals surface area contributed by atoms with E-state index in [9.17, 15) is 24.3 Å². The predicted molar refractivity (Wildman–Crippen MR) is 167 cm³/mol. The third kappa shape index (κ3) is 9.51. The Kier molecular flexibility index (Phi) is 11.5. The van der Waals surface area contributed by atoms with Crippen molar-refractivity contribution in [2.24, 2.45) is 0 Å². The van der Waals surface area contributed by atoms with Crippen LogP contribution in [-0.4, -0.2) is 83.3 Å². The first kappa shape index (κ1) is 32.9. The zero-order valence-corrected chi connectivity index (χ0v) is 25.6. The zero-order chi connectivity index (χ0) is 32.3. The van der Waals surface area contributed by atoms with Crippen LogP contribution >= 0.6 is 0 Å². The molecule has 1 aliphatic rings. The second-order valence-corrected chi connectivity index (χ2v) is 11.1. The highest BCUT2D eigenvalue weighted by Crippen LogP contribution is 2.23. The molecule has 2 aromatic carbocycles. The van der Waals surface area contributed by atoms with Gasteiger partial charge in [-0.25, -0.2) is 14.6 Å². The van der Waals surface area contributed by atoms with E-state index < -0.39 is 36.0 Å². The van der Waals surface area contributed by atoms with Gasteiger partial charge >= 0.3 is 12.1 Å². The average Bonchev–Trinajstić information content (AvgIpc) is 3.43. The van der Waals surface area contributed by atoms with Gasteiger partial charge in [-0.1, -0.05) is 54.1 Å². The first-order chi connectivity index (χ1) is 21.6. The zero-order valence-electron chi connectivity index (χ0n) is 25.6. The van der Waals surface area contributed by atoms with Gasteiger partial charge in [0.2, 0.25) is 5.91 Å². The average molecular weight is 618 g/mol. The number of carbonyl (C=O) groups is 4. The van der Waals surface area contributed by atoms with Crippen molar-refractivity contribution in [3.63, 3.8) is 0 Å². The second kappa shape index (κ2) is 15.7. The number of ether oxygens (including phenoxy) is 2. The Bertz CT molecular complexity index is 1460. The van der Waals surface area contributed by atoms with Crippen LogP contribution in [0.25, 0.3) is 0 Å². The normalized spacial score (nSPS) is 16.5. The van der Waals surface area contributed by atoms with Gasteiger partial charge in [0.25, 0.3) is 5.91 Å². The lowest BCUT2D eigenvalue weighted by Crippen LogP contribution is -2.49. The number of carboxylic acids is 1. The summed E-state index contributed by atoms with van der Waals surface area (Å²) in [6, 6.07) is 16.9. The van der Waals surface area contributed by atoms with Crippen LogP contribution in [-0.2, 0) is 25.7 Å². The molecular formula is C33H39N5O7. The summed E-state index contributed by atoms with van der Waals surface area (Å²) in [6.45, 7) is 5.53. The van der Waals surface area contributed by atoms with Crippen LogP contribution in [0.5, 0.6) is 0 Å². The number of aromatic nitrogens is 1. The fraction of sp³-hybridized carbons (Fsp3) is 0.364. The summed E-state index contributed by atoms with van der Waals surface area (Å²) in [4.78, 5) is 56.3. The lowest BCUT2D eigenvalue weighted by molar-refractivity contribution is -0.139. The number of carbonyl (C=O) groups excluding carboxylic acids is 3. The second-order valence-electron chi connectivity index (χ2n) is 11.1. The Morgan fingerprint density at radius 3 is 2.40 bits per heavy atom. The molecule has 1 saturated heterocycles. The SMILES string of the molecule is Cc1cc(C)c(C(=O)N[C@@H](CNC(=O)CO[C@@H]2C[C@@H](CNc3ccccn3)N(C(=O)OCc3ccccc3)C2)C(=O)O)c(C)c1. The summed E-state index contributed by atoms with van der Waals surface area (Å²) in [5, 5.41) is 17.9. The molecule has 0 bridgehead atoms. The number of pyridine rings is 1. The van der Waals surface area contributed by atoms with Crippen molar-refractivity contribution in [1.29, 1.82) is 0 Å². The number of amides is 3. The monoisotopic (exact) mass is 617 g/mol. The summed E-state index contributed by atoms with van der Waals surface area (Å²) in [6.07, 6.45) is 1.15. The van der Waals surface area contributed by atoms with E-state index in [1.165, 1.54) is 0 Å². The molecule has 0 aliphatic carbocycles. The summed E-state index contributed by atoms with van der Waals surface area (Å²) < 4.78 is 11.4. The molecule has 1 aromatic heterocycles. The largest absolute Gasteiger partial charge is 0.480 e. The molecule has 2 heterocycles. The first-order valence-electron chi connectivity index (χ1n) is 14.7. The number of nitrogens with one attached hydrogen (secondary N) is 3. The number of anilines is 1. The van der Waals surface area contributed by atoms with Gasteiger partial charge in [0.05, 0.1) is 18.7 Å². The van der Waals surface area contributed by atoms with Gasteiger partial charge in [-0.2, -0.15) is 0 Å². The molecule has 12 heteroatoms. The van der Waals surface area contributed by atoms with E-state index in [1.807, 2.05) is 61.5 Å². The minimum Gasteiger partial charge on any atom is -0.480 e. The van der Waals surface area contributed by atoms with Gasteiger partial charge in [-0.3, -0.25) is 9.59 Å². The molecule has 238 valence electrons. The molecule has 1 aliphatic heterocycles. The maximum atomic E-state index is 13.0. The van der Waals surface area contributed by atoms with Gasteiger partial charge < -0.3 is 35.4 Å². The van der Waals surface area contributed by atoms with Gasteiger partial charge in [0.15, 0.2) is 0 Å². The maximum Gasteiger partial charge on any atom is 0.410 e. The first-order valence-corrected chi connectivity index (χ1v) is 14.7. The van der Waals surface area contributed by atoms with Crippen LogP contribution < -0.4 is 16.0 Å². The molecular weight excluding hydrogens is 578 g/mol. The van der Waals surface area contributed by atoms with Crippen molar-refractivity contribution in [2.45, 2.75) is 52.0 Å². The van der Waals surface area contributed by atoms with E-state index in [1.54, 1.807) is 31.0 Å². The van der Waals surface area contributed by atoms with E-state index in [0.717, 1.165) is 22.3 Å². The third-order valence-electron chi connectivity index (χ3n) is 7.46. The molecule has 1 fully saturated rings. The highest BCUT2D eigenvalue weighted by atomic mass is 16.6. The van der Waals surface area contributed by atoms with Crippen LogP contribution in [0.4, 0.5) is 10.6 Å². The fourth-order valence-electron chi connectivity index (χ4n) is 5.33. The lowest BCUT2D eigenvalue weighted by Gasteiger charge is -2.24. The van der Waals surface area contributed by atoms with E-state index in [2.05, 4.69) is 20.9 Å². The van der Waals surface area contributed by atoms with Crippen LogP contribution in [0.3, 0.4) is 0 Å². The molecule has 12 nitrogen and oxygen atoms in total. The highest BCUT2D eigenvalue weighted by molar-refractivity contribution is 5.99. The van der Waals surface area contributed by atoms with Gasteiger partial charge in [0, 0.05) is 24.8 Å². The van der Waals surface area contributed by atoms with Gasteiger partial charge in [-0.15, -0.1) is 0 Å². The Morgan fingerprint density at radius 2 is 1.73 bits per heavy atom. The molecule has 45 heavy (non-hydrogen) atoms. The van der Waals surface area contributed by atoms with Crippen LogP contribution in [0, 0.1) is 20.8 Å². The number of carboxylic acid groups (broad SMARTS) is 1. The summed E-state index contributed by atoms with van der Waals surface area (Å²) >= 11 is 0. The molecule has 4 N–H and O–H groups in total. The van der Waals surface area contributed by atoms with Crippen molar-refractivity contribution >= 4 is 29.7 Å². The lowest BCUT2D eigenvalue weighted by atomic mass is 9.99. The Hall–Kier alpha value is -4.97. The van der Waals surface area contributed by atoms with E-state index in [4.69, 9.17) is 9.47 Å². The fourth-order valence-corrected chi connectivity index (χ4v) is 5.33. The molecule has 3 atom stereocenters. The van der Waals surface area contributed by atoms with Crippen molar-refractivity contribution in [2.75, 3.05) is 31.6 Å². The predicted octanol–water partition coefficient (Wildman–Crippen LogP) is 3.21. The maximum absolute atomic E-state index is 13.0. The smallest absolute Gasteiger partial charge is 0.410 e. The number of likely N-dealkylation sites (tertiary alicyclic amines) is 1. The molecule has 0 radical (unpaired) electrons. The Labute approximate surface area is 262 Å². The van der Waals surface area contributed by atoms with Crippen molar-refractivity contribution < 1.29 is 33.8 Å². The number of aliphatic carboxylic acids is 1. The quantitative estimate of drug-likeness (QED) is 0.226. The summed E-state index contributed by atoms with van der Waals surface area (Å²) in [5.41, 5.74) is 3.72. The Morgan fingerprint density at radius 1 is 1.02 bits per heavy atom. The molecule has 3 aromatic rings. The van der Waals surface area contributed by atoms with Crippen molar-refractivity contribution in [1.82, 2.24) is 20.5 Å². The number of benzene rings is 2. The van der Waals surface area contributed by atoms with Gasteiger partial charge in [0.1, 0.15) is 25.1 Å². The molecule has 4 rings (SSSR count). The summed E-state index contributed by atoms with van der Waals surface area (Å²) in [5.74, 6) is -1.70. The highest BCUT2D eigenvalue weighted by Gasteiger charge is 2.37. The van der Waals surface area contributed by atoms with E-state index >= 15 is 0 Å². The minimum atomic E-state index is -1.34. The topological polar surface area (TPSA) is 159 Å². The third-order valence-corrected chi connectivity index (χ3v) is 7.46. The van der Waals surface area contributed by atoms with E-state index in [0.29, 0.717) is 24.3 Å². The number of hydrogen-bond donors (Lipinski definition) is 4. The molecule has 0 spiro atoms. The molecule has 0 unspecified atom stereocenters. The summed E-state index contributed by atoms with van der Waals surface area (Å²) in [7, 11) is 0. The van der Waals surface area contributed by atoms with Crippen LogP contribution in [0.15, 0.2) is 66.9 Å². The Balaban J connectivity index is 1.30. The standard InChI is InChI=1S/C33H39N5O7/c1-21-13-22(2)30(23(3)14-21)31(40)37-27(32(41)42)17-36-29(39)20-44-26-15-25(16-35-28-11-7-8-12-34-28)38(18-26)33(43)45-19-24-9-5-4-6-10-24/h4-14,25-27H,15-20H2,1-3H3,(H,34,35)(H,36,39)(H,37,40)(H,41,42)/t25-,26+,27-/m0/s1. The molecule has 0 saturated carbocycles. The number of aryl methyl sites for hydroxylation is 3. The number of nitrogens with zero attached hydrogens (tertiary/aromatic N) is 2. The number of rotatable bonds is 13. The minimum absolute atomic E-state index is 0.120. The van der Waals surface area contributed by atoms with Crippen LogP contribution in [0.2, 0.25) is 0 Å². The van der Waals surface area contributed by atoms with Crippen molar-refractivity contribution in [3.05, 3.63) is 94.7 Å². The van der Waals surface area contributed by atoms with Crippen molar-refractivity contribution in [3.8, 4) is 0 Å². The molecule has 3 amide bonds.